The molecule has 0 fully saturated rings. The Morgan fingerprint density at radius 2 is 2.39 bits per heavy atom. The average Bonchev–Trinajstić information content (AvgIpc) is 2.39. The molecule has 0 heterocycles. The Hall–Kier alpha value is -2.50. The topological polar surface area (TPSA) is 88.1 Å². The highest BCUT2D eigenvalue weighted by molar-refractivity contribution is 5.96. The summed E-state index contributed by atoms with van der Waals surface area (Å²) in [5, 5.41) is 11.4. The molecule has 1 amide bonds. The van der Waals surface area contributed by atoms with Crippen LogP contribution < -0.4 is 15.8 Å². The van der Waals surface area contributed by atoms with Gasteiger partial charge in [-0.05, 0) is 12.1 Å². The van der Waals surface area contributed by atoms with Gasteiger partial charge in [-0.2, -0.15) is 5.26 Å². The fourth-order valence-corrected chi connectivity index (χ4v) is 1.31. The number of hydrogen-bond acceptors (Lipinski definition) is 4. The number of nitrogens with zero attached hydrogens (tertiary/aromatic N) is 1. The quantitative estimate of drug-likeness (QED) is 0.767. The van der Waals surface area contributed by atoms with Gasteiger partial charge in [0.2, 0.25) is 5.91 Å². The number of carbonyl (C=O) groups is 1. The molecule has 0 bridgehead atoms. The molecule has 0 spiro atoms. The highest BCUT2D eigenvalue weighted by Gasteiger charge is 2.14. The molecule has 0 saturated carbocycles. The van der Waals surface area contributed by atoms with E-state index in [1.807, 2.05) is 6.07 Å². The second kappa shape index (κ2) is 6.29. The fourth-order valence-electron chi connectivity index (χ4n) is 1.31. The van der Waals surface area contributed by atoms with E-state index in [-0.39, 0.29) is 6.42 Å². The van der Waals surface area contributed by atoms with Crippen LogP contribution in [0.25, 0.3) is 0 Å². The van der Waals surface area contributed by atoms with Gasteiger partial charge >= 0.3 is 0 Å². The van der Waals surface area contributed by atoms with E-state index in [0.29, 0.717) is 17.0 Å². The first-order valence-corrected chi connectivity index (χ1v) is 5.20. The molecule has 5 heteroatoms. The van der Waals surface area contributed by atoms with Crippen molar-refractivity contribution in [3.63, 3.8) is 0 Å². The zero-order valence-electron chi connectivity index (χ0n) is 9.93. The molecule has 1 aromatic rings. The largest absolute Gasteiger partial charge is 0.495 e. The van der Waals surface area contributed by atoms with E-state index < -0.39 is 11.9 Å². The van der Waals surface area contributed by atoms with Gasteiger partial charge in [0, 0.05) is 12.5 Å². The maximum Gasteiger partial charge on any atom is 0.242 e. The van der Waals surface area contributed by atoms with Crippen LogP contribution in [0.1, 0.15) is 12.0 Å². The molecule has 1 rings (SSSR count). The number of methoxy groups -OCH3 is 1. The van der Waals surface area contributed by atoms with Gasteiger partial charge in [-0.15, -0.1) is 12.3 Å². The molecule has 0 aliphatic carbocycles. The average molecular weight is 243 g/mol. The summed E-state index contributed by atoms with van der Waals surface area (Å²) in [4.78, 5) is 11.7. The third kappa shape index (κ3) is 3.24. The first kappa shape index (κ1) is 13.6. The summed E-state index contributed by atoms with van der Waals surface area (Å²) in [6.45, 7) is 0. The molecule has 1 aromatic carbocycles. The van der Waals surface area contributed by atoms with E-state index >= 15 is 0 Å². The van der Waals surface area contributed by atoms with Gasteiger partial charge in [0.25, 0.3) is 0 Å². The summed E-state index contributed by atoms with van der Waals surface area (Å²) in [5.41, 5.74) is 6.47. The van der Waals surface area contributed by atoms with Crippen LogP contribution in [0, 0.1) is 23.7 Å². The van der Waals surface area contributed by atoms with Crippen LogP contribution in [0.4, 0.5) is 5.69 Å². The molecule has 5 nitrogen and oxygen atoms in total. The van der Waals surface area contributed by atoms with E-state index in [0.717, 1.165) is 0 Å². The van der Waals surface area contributed by atoms with Crippen molar-refractivity contribution in [2.24, 2.45) is 5.73 Å². The number of carbonyl (C=O) groups excluding carboxylic acids is 1. The monoisotopic (exact) mass is 243 g/mol. The maximum absolute atomic E-state index is 11.7. The smallest absolute Gasteiger partial charge is 0.242 e. The predicted molar refractivity (Wildman–Crippen MR) is 67.8 cm³/mol. The minimum atomic E-state index is -0.768. The Morgan fingerprint density at radius 1 is 1.67 bits per heavy atom. The van der Waals surface area contributed by atoms with E-state index in [1.54, 1.807) is 12.1 Å². The van der Waals surface area contributed by atoms with Crippen LogP contribution >= 0.6 is 0 Å². The zero-order valence-corrected chi connectivity index (χ0v) is 9.93. The van der Waals surface area contributed by atoms with Crippen molar-refractivity contribution in [2.75, 3.05) is 12.4 Å². The number of benzene rings is 1. The normalized spacial score (nSPS) is 10.9. The molecule has 0 aliphatic heterocycles. The van der Waals surface area contributed by atoms with Gasteiger partial charge < -0.3 is 15.8 Å². The molecular formula is C13H13N3O2. The molecule has 1 unspecified atom stereocenters. The lowest BCUT2D eigenvalue weighted by atomic mass is 10.1. The van der Waals surface area contributed by atoms with Gasteiger partial charge in [0.1, 0.15) is 5.75 Å². The van der Waals surface area contributed by atoms with Crippen molar-refractivity contribution < 1.29 is 9.53 Å². The Morgan fingerprint density at radius 3 is 2.94 bits per heavy atom. The number of terminal acetylenes is 1. The summed E-state index contributed by atoms with van der Waals surface area (Å²) < 4.78 is 5.08. The van der Waals surface area contributed by atoms with Crippen molar-refractivity contribution in [2.45, 2.75) is 12.5 Å². The van der Waals surface area contributed by atoms with Gasteiger partial charge in [-0.3, -0.25) is 4.79 Å². The SMILES string of the molecule is C#CCC(N)C(=O)Nc1ccc(C#N)cc1OC. The predicted octanol–water partition coefficient (Wildman–Crippen LogP) is 0.856. The lowest BCUT2D eigenvalue weighted by Gasteiger charge is -2.12. The number of ether oxygens (including phenoxy) is 1. The zero-order chi connectivity index (χ0) is 13.5. The minimum absolute atomic E-state index is 0.157. The molecule has 3 N–H and O–H groups in total. The minimum Gasteiger partial charge on any atom is -0.495 e. The Bertz CT molecular complexity index is 526. The van der Waals surface area contributed by atoms with Gasteiger partial charge in [0.05, 0.1) is 30.5 Å². The number of anilines is 1. The van der Waals surface area contributed by atoms with Crippen LogP contribution in [0.2, 0.25) is 0 Å². The summed E-state index contributed by atoms with van der Waals surface area (Å²) in [6, 6.07) is 5.90. The van der Waals surface area contributed by atoms with Gasteiger partial charge in [0.15, 0.2) is 0 Å². The molecule has 0 saturated heterocycles. The fraction of sp³-hybridized carbons (Fsp3) is 0.231. The number of amides is 1. The molecule has 1 atom stereocenters. The number of hydrogen-bond donors (Lipinski definition) is 2. The third-order valence-electron chi connectivity index (χ3n) is 2.26. The van der Waals surface area contributed by atoms with E-state index in [2.05, 4.69) is 11.2 Å². The highest BCUT2D eigenvalue weighted by Crippen LogP contribution is 2.25. The lowest BCUT2D eigenvalue weighted by molar-refractivity contribution is -0.117. The first-order valence-electron chi connectivity index (χ1n) is 5.20. The van der Waals surface area contributed by atoms with E-state index in [4.69, 9.17) is 22.2 Å². The number of nitrogens with two attached hydrogens (primary N) is 1. The van der Waals surface area contributed by atoms with Crippen LogP contribution in [0.15, 0.2) is 18.2 Å². The Kier molecular flexibility index (Phi) is 4.74. The standard InChI is InChI=1S/C13H13N3O2/c1-3-4-10(15)13(17)16-11-6-5-9(8-14)7-12(11)18-2/h1,5-7,10H,4,15H2,2H3,(H,16,17). The van der Waals surface area contributed by atoms with E-state index in [9.17, 15) is 4.79 Å². The summed E-state index contributed by atoms with van der Waals surface area (Å²) in [5.74, 6) is 2.33. The second-order valence-electron chi connectivity index (χ2n) is 3.53. The number of nitrogens with one attached hydrogen (secondary N) is 1. The van der Waals surface area contributed by atoms with E-state index in [1.165, 1.54) is 13.2 Å². The van der Waals surface area contributed by atoms with Crippen LogP contribution in [0.5, 0.6) is 5.75 Å². The molecule has 0 radical (unpaired) electrons. The maximum atomic E-state index is 11.7. The molecule has 92 valence electrons. The second-order valence-corrected chi connectivity index (χ2v) is 3.53. The third-order valence-corrected chi connectivity index (χ3v) is 2.26. The highest BCUT2D eigenvalue weighted by atomic mass is 16.5. The van der Waals surface area contributed by atoms with Crippen molar-refractivity contribution in [3.8, 4) is 24.2 Å². The van der Waals surface area contributed by atoms with Crippen LogP contribution in [-0.4, -0.2) is 19.1 Å². The number of nitriles is 1. The summed E-state index contributed by atoms with van der Waals surface area (Å²) >= 11 is 0. The van der Waals surface area contributed by atoms with Crippen LogP contribution in [0.3, 0.4) is 0 Å². The van der Waals surface area contributed by atoms with Crippen LogP contribution in [-0.2, 0) is 4.79 Å². The van der Waals surface area contributed by atoms with Crippen molar-refractivity contribution in [1.82, 2.24) is 0 Å². The Balaban J connectivity index is 2.89. The lowest BCUT2D eigenvalue weighted by Crippen LogP contribution is -2.35. The van der Waals surface area contributed by atoms with Crippen molar-refractivity contribution in [3.05, 3.63) is 23.8 Å². The summed E-state index contributed by atoms with van der Waals surface area (Å²) in [6.07, 6.45) is 5.24. The van der Waals surface area contributed by atoms with Gasteiger partial charge in [-0.25, -0.2) is 0 Å². The number of rotatable bonds is 4. The molecular weight excluding hydrogens is 230 g/mol. The molecule has 0 aliphatic rings. The molecule has 18 heavy (non-hydrogen) atoms. The molecule has 0 aromatic heterocycles. The van der Waals surface area contributed by atoms with Crippen molar-refractivity contribution >= 4 is 11.6 Å². The first-order chi connectivity index (χ1) is 8.62. The van der Waals surface area contributed by atoms with Crippen molar-refractivity contribution in [1.29, 1.82) is 5.26 Å². The van der Waals surface area contributed by atoms with Gasteiger partial charge in [-0.1, -0.05) is 0 Å². The summed E-state index contributed by atoms with van der Waals surface area (Å²) in [7, 11) is 1.45. The Labute approximate surface area is 106 Å².